The van der Waals surface area contributed by atoms with E-state index in [4.69, 9.17) is 14.8 Å². The molecule has 1 heterocycles. The SMILES string of the molecule is COc1ccc(CSc2nc(C3CCCCC3)n(-c3ccccc3)n2)cc1F. The van der Waals surface area contributed by atoms with Crippen LogP contribution in [0.25, 0.3) is 5.69 Å². The zero-order valence-electron chi connectivity index (χ0n) is 16.0. The lowest BCUT2D eigenvalue weighted by atomic mass is 9.88. The van der Waals surface area contributed by atoms with E-state index < -0.39 is 0 Å². The van der Waals surface area contributed by atoms with Crippen LogP contribution in [0.5, 0.6) is 5.75 Å². The zero-order chi connectivity index (χ0) is 19.3. The first kappa shape index (κ1) is 19.0. The molecule has 0 spiro atoms. The lowest BCUT2D eigenvalue weighted by molar-refractivity contribution is 0.386. The minimum Gasteiger partial charge on any atom is -0.494 e. The Hall–Kier alpha value is -2.34. The van der Waals surface area contributed by atoms with Gasteiger partial charge in [-0.2, -0.15) is 0 Å². The van der Waals surface area contributed by atoms with Crippen molar-refractivity contribution in [3.05, 3.63) is 65.7 Å². The molecule has 4 rings (SSSR count). The van der Waals surface area contributed by atoms with Crippen molar-refractivity contribution < 1.29 is 9.13 Å². The molecule has 6 heteroatoms. The third kappa shape index (κ3) is 4.22. The Balaban J connectivity index is 1.57. The van der Waals surface area contributed by atoms with Crippen LogP contribution in [0.1, 0.15) is 49.4 Å². The summed E-state index contributed by atoms with van der Waals surface area (Å²) in [7, 11) is 1.47. The van der Waals surface area contributed by atoms with Crippen LogP contribution in [0.3, 0.4) is 0 Å². The van der Waals surface area contributed by atoms with Crippen molar-refractivity contribution in [2.75, 3.05) is 7.11 Å². The van der Waals surface area contributed by atoms with E-state index in [-0.39, 0.29) is 11.6 Å². The van der Waals surface area contributed by atoms with Gasteiger partial charge in [-0.1, -0.05) is 55.3 Å². The number of hydrogen-bond acceptors (Lipinski definition) is 4. The highest BCUT2D eigenvalue weighted by Crippen LogP contribution is 2.34. The second-order valence-corrected chi connectivity index (χ2v) is 8.03. The standard InChI is InChI=1S/C22H24FN3OS/c1-27-20-13-12-16(14-19(20)23)15-28-22-24-21(17-8-4-2-5-9-17)26(25-22)18-10-6-3-7-11-18/h3,6-7,10-14,17H,2,4-5,8-9,15H2,1H3. The third-order valence-electron chi connectivity index (χ3n) is 5.17. The summed E-state index contributed by atoms with van der Waals surface area (Å²) in [5, 5.41) is 5.51. The summed E-state index contributed by atoms with van der Waals surface area (Å²) in [6.07, 6.45) is 6.14. The van der Waals surface area contributed by atoms with Crippen LogP contribution in [0, 0.1) is 5.82 Å². The number of halogens is 1. The topological polar surface area (TPSA) is 39.9 Å². The van der Waals surface area contributed by atoms with E-state index in [0.717, 1.165) is 22.2 Å². The van der Waals surface area contributed by atoms with Gasteiger partial charge >= 0.3 is 0 Å². The Kier molecular flexibility index (Phi) is 5.95. The number of rotatable bonds is 6. The molecule has 28 heavy (non-hydrogen) atoms. The van der Waals surface area contributed by atoms with Crippen LogP contribution < -0.4 is 4.74 Å². The van der Waals surface area contributed by atoms with Crippen LogP contribution in [0.4, 0.5) is 4.39 Å². The first-order valence-corrected chi connectivity index (χ1v) is 10.7. The molecular formula is C22H24FN3OS. The number of nitrogens with zero attached hydrogens (tertiary/aromatic N) is 3. The van der Waals surface area contributed by atoms with E-state index in [9.17, 15) is 4.39 Å². The van der Waals surface area contributed by atoms with Gasteiger partial charge in [0.15, 0.2) is 11.6 Å². The Labute approximate surface area is 169 Å². The number of aromatic nitrogens is 3. The van der Waals surface area contributed by atoms with Crippen LogP contribution in [-0.4, -0.2) is 21.9 Å². The van der Waals surface area contributed by atoms with Crippen molar-refractivity contribution in [2.45, 2.75) is 48.9 Å². The van der Waals surface area contributed by atoms with Crippen LogP contribution in [0.15, 0.2) is 53.7 Å². The largest absolute Gasteiger partial charge is 0.494 e. The van der Waals surface area contributed by atoms with Crippen molar-refractivity contribution in [3.8, 4) is 11.4 Å². The molecular weight excluding hydrogens is 373 g/mol. The molecule has 0 amide bonds. The number of methoxy groups -OCH3 is 1. The Morgan fingerprint density at radius 1 is 1.11 bits per heavy atom. The third-order valence-corrected chi connectivity index (χ3v) is 6.08. The molecule has 0 aliphatic heterocycles. The fourth-order valence-corrected chi connectivity index (χ4v) is 4.47. The highest BCUT2D eigenvalue weighted by Gasteiger charge is 2.23. The fourth-order valence-electron chi connectivity index (χ4n) is 3.70. The first-order chi connectivity index (χ1) is 13.7. The number of hydrogen-bond donors (Lipinski definition) is 0. The molecule has 1 aromatic heterocycles. The summed E-state index contributed by atoms with van der Waals surface area (Å²) in [5.74, 6) is 2.04. The molecule has 2 aromatic carbocycles. The van der Waals surface area contributed by atoms with Crippen molar-refractivity contribution in [1.29, 1.82) is 0 Å². The second-order valence-electron chi connectivity index (χ2n) is 7.09. The molecule has 1 aliphatic carbocycles. The molecule has 146 valence electrons. The molecule has 0 unspecified atom stereocenters. The molecule has 1 saturated carbocycles. The molecule has 1 aliphatic rings. The molecule has 0 bridgehead atoms. The lowest BCUT2D eigenvalue weighted by Gasteiger charge is -2.21. The maximum atomic E-state index is 13.9. The zero-order valence-corrected chi connectivity index (χ0v) is 16.8. The summed E-state index contributed by atoms with van der Waals surface area (Å²) in [5.41, 5.74) is 1.93. The van der Waals surface area contributed by atoms with Crippen molar-refractivity contribution in [2.24, 2.45) is 0 Å². The predicted octanol–water partition coefficient (Wildman–Crippen LogP) is 5.76. The summed E-state index contributed by atoms with van der Waals surface area (Å²) in [4.78, 5) is 4.88. The highest BCUT2D eigenvalue weighted by atomic mass is 32.2. The quantitative estimate of drug-likeness (QED) is 0.496. The average Bonchev–Trinajstić information content (AvgIpc) is 3.18. The summed E-state index contributed by atoms with van der Waals surface area (Å²) in [6, 6.07) is 15.2. The van der Waals surface area contributed by atoms with Gasteiger partial charge in [-0.3, -0.25) is 0 Å². The van der Waals surface area contributed by atoms with Gasteiger partial charge in [-0.05, 0) is 42.7 Å². The molecule has 1 fully saturated rings. The second kappa shape index (κ2) is 8.78. The van der Waals surface area contributed by atoms with Crippen LogP contribution in [0.2, 0.25) is 0 Å². The highest BCUT2D eigenvalue weighted by molar-refractivity contribution is 7.98. The Bertz CT molecular complexity index is 923. The normalized spacial score (nSPS) is 14.9. The van der Waals surface area contributed by atoms with Crippen LogP contribution in [-0.2, 0) is 5.75 Å². The predicted molar refractivity (Wildman–Crippen MR) is 110 cm³/mol. The first-order valence-electron chi connectivity index (χ1n) is 9.72. The summed E-state index contributed by atoms with van der Waals surface area (Å²) < 4.78 is 20.9. The molecule has 0 saturated heterocycles. The van der Waals surface area contributed by atoms with E-state index in [1.165, 1.54) is 57.0 Å². The van der Waals surface area contributed by atoms with Gasteiger partial charge in [0.1, 0.15) is 5.82 Å². The number of thioether (sulfide) groups is 1. The minimum absolute atomic E-state index is 0.264. The van der Waals surface area contributed by atoms with Gasteiger partial charge in [-0.25, -0.2) is 14.1 Å². The van der Waals surface area contributed by atoms with Gasteiger partial charge < -0.3 is 4.74 Å². The Morgan fingerprint density at radius 2 is 1.89 bits per heavy atom. The average molecular weight is 398 g/mol. The van der Waals surface area contributed by atoms with Gasteiger partial charge in [0.25, 0.3) is 0 Å². The molecule has 0 radical (unpaired) electrons. The maximum Gasteiger partial charge on any atom is 0.209 e. The fraction of sp³-hybridized carbons (Fsp3) is 0.364. The maximum absolute atomic E-state index is 13.9. The minimum atomic E-state index is -0.341. The van der Waals surface area contributed by atoms with Crippen molar-refractivity contribution in [1.82, 2.24) is 14.8 Å². The lowest BCUT2D eigenvalue weighted by Crippen LogP contribution is -2.12. The van der Waals surface area contributed by atoms with Gasteiger partial charge in [0.2, 0.25) is 5.16 Å². The number of para-hydroxylation sites is 1. The van der Waals surface area contributed by atoms with E-state index in [1.54, 1.807) is 6.07 Å². The van der Waals surface area contributed by atoms with E-state index in [2.05, 4.69) is 12.1 Å². The van der Waals surface area contributed by atoms with Gasteiger partial charge in [0, 0.05) is 11.7 Å². The number of benzene rings is 2. The molecule has 0 atom stereocenters. The monoisotopic (exact) mass is 397 g/mol. The molecule has 0 N–H and O–H groups in total. The Morgan fingerprint density at radius 3 is 2.61 bits per heavy atom. The summed E-state index contributed by atoms with van der Waals surface area (Å²) in [6.45, 7) is 0. The molecule has 4 nitrogen and oxygen atoms in total. The number of ether oxygens (including phenoxy) is 1. The summed E-state index contributed by atoms with van der Waals surface area (Å²) >= 11 is 1.54. The van der Waals surface area contributed by atoms with Crippen molar-refractivity contribution in [3.63, 3.8) is 0 Å². The van der Waals surface area contributed by atoms with Gasteiger partial charge in [0.05, 0.1) is 12.8 Å². The van der Waals surface area contributed by atoms with E-state index in [1.807, 2.05) is 28.9 Å². The van der Waals surface area contributed by atoms with E-state index in [0.29, 0.717) is 11.7 Å². The van der Waals surface area contributed by atoms with E-state index >= 15 is 0 Å². The molecule has 3 aromatic rings. The van der Waals surface area contributed by atoms with Gasteiger partial charge in [-0.15, -0.1) is 5.10 Å². The van der Waals surface area contributed by atoms with Crippen molar-refractivity contribution >= 4 is 11.8 Å². The smallest absolute Gasteiger partial charge is 0.209 e. The van der Waals surface area contributed by atoms with Crippen LogP contribution >= 0.6 is 11.8 Å².